The van der Waals surface area contributed by atoms with Crippen LogP contribution in [0.1, 0.15) is 39.5 Å². The summed E-state index contributed by atoms with van der Waals surface area (Å²) in [5.74, 6) is -0.278. The Morgan fingerprint density at radius 2 is 2.00 bits per heavy atom. The van der Waals surface area contributed by atoms with Crippen molar-refractivity contribution in [1.29, 1.82) is 0 Å². The van der Waals surface area contributed by atoms with E-state index in [-0.39, 0.29) is 18.5 Å². The van der Waals surface area contributed by atoms with E-state index < -0.39 is 5.97 Å². The molecule has 6 nitrogen and oxygen atoms in total. The molecule has 0 radical (unpaired) electrons. The van der Waals surface area contributed by atoms with E-state index in [1.165, 1.54) is 0 Å². The van der Waals surface area contributed by atoms with E-state index in [1.54, 1.807) is 0 Å². The number of carbonyl (C=O) groups excluding carboxylic acids is 1. The number of amides is 2. The van der Waals surface area contributed by atoms with Gasteiger partial charge in [0.2, 0.25) is 0 Å². The van der Waals surface area contributed by atoms with Gasteiger partial charge in [-0.25, -0.2) is 4.79 Å². The number of carbonyl (C=O) groups is 2. The number of carboxylic acid groups (broad SMARTS) is 1. The SMILES string of the molecule is CCN1CCC(CNC(=O)NC(C)CCC(=O)O)CC1. The number of hydrogen-bond acceptors (Lipinski definition) is 3. The molecule has 1 aliphatic rings. The van der Waals surface area contributed by atoms with Gasteiger partial charge in [-0.1, -0.05) is 6.92 Å². The molecule has 0 spiro atoms. The van der Waals surface area contributed by atoms with Gasteiger partial charge in [0, 0.05) is 19.0 Å². The highest BCUT2D eigenvalue weighted by atomic mass is 16.4. The molecule has 1 fully saturated rings. The van der Waals surface area contributed by atoms with Gasteiger partial charge >= 0.3 is 12.0 Å². The Balaban J connectivity index is 2.12. The monoisotopic (exact) mass is 285 g/mol. The van der Waals surface area contributed by atoms with Crippen LogP contribution >= 0.6 is 0 Å². The molecule has 0 aromatic heterocycles. The van der Waals surface area contributed by atoms with Crippen molar-refractivity contribution >= 4 is 12.0 Å². The van der Waals surface area contributed by atoms with Crippen LogP contribution in [0, 0.1) is 5.92 Å². The third-order valence-electron chi connectivity index (χ3n) is 3.87. The molecule has 0 aliphatic carbocycles. The molecular formula is C14H27N3O3. The van der Waals surface area contributed by atoms with Crippen LogP contribution in [0.15, 0.2) is 0 Å². The van der Waals surface area contributed by atoms with E-state index in [0.717, 1.165) is 32.5 Å². The van der Waals surface area contributed by atoms with Gasteiger partial charge in [-0.3, -0.25) is 4.79 Å². The molecule has 1 atom stereocenters. The number of aliphatic carboxylic acids is 1. The van der Waals surface area contributed by atoms with Crippen LogP contribution in [0.4, 0.5) is 4.79 Å². The van der Waals surface area contributed by atoms with Crippen LogP contribution in [-0.4, -0.2) is 54.2 Å². The van der Waals surface area contributed by atoms with Crippen LogP contribution in [0.5, 0.6) is 0 Å². The number of nitrogens with zero attached hydrogens (tertiary/aromatic N) is 1. The number of hydrogen-bond donors (Lipinski definition) is 3. The fourth-order valence-corrected chi connectivity index (χ4v) is 2.43. The average Bonchev–Trinajstić information content (AvgIpc) is 2.43. The summed E-state index contributed by atoms with van der Waals surface area (Å²) in [6.07, 6.45) is 2.79. The number of likely N-dealkylation sites (tertiary alicyclic amines) is 1. The molecule has 1 heterocycles. The molecule has 1 rings (SSSR count). The first kappa shape index (κ1) is 16.8. The third-order valence-corrected chi connectivity index (χ3v) is 3.87. The topological polar surface area (TPSA) is 81.7 Å². The van der Waals surface area contributed by atoms with Gasteiger partial charge in [-0.15, -0.1) is 0 Å². The van der Waals surface area contributed by atoms with E-state index in [2.05, 4.69) is 22.5 Å². The van der Waals surface area contributed by atoms with Crippen molar-refractivity contribution in [1.82, 2.24) is 15.5 Å². The summed E-state index contributed by atoms with van der Waals surface area (Å²) in [5, 5.41) is 14.2. The summed E-state index contributed by atoms with van der Waals surface area (Å²) in [4.78, 5) is 24.5. The maximum atomic E-state index is 11.7. The van der Waals surface area contributed by atoms with Crippen molar-refractivity contribution < 1.29 is 14.7 Å². The normalized spacial score (nSPS) is 18.5. The molecule has 1 aliphatic heterocycles. The molecule has 3 N–H and O–H groups in total. The summed E-state index contributed by atoms with van der Waals surface area (Å²) in [6.45, 7) is 8.02. The van der Waals surface area contributed by atoms with E-state index in [0.29, 0.717) is 18.9 Å². The zero-order chi connectivity index (χ0) is 15.0. The van der Waals surface area contributed by atoms with Crippen molar-refractivity contribution in [2.75, 3.05) is 26.2 Å². The van der Waals surface area contributed by atoms with Gasteiger partial charge in [0.25, 0.3) is 0 Å². The zero-order valence-corrected chi connectivity index (χ0v) is 12.5. The lowest BCUT2D eigenvalue weighted by atomic mass is 9.97. The minimum absolute atomic E-state index is 0.0803. The lowest BCUT2D eigenvalue weighted by Crippen LogP contribution is -2.44. The Hall–Kier alpha value is -1.30. The maximum Gasteiger partial charge on any atom is 0.315 e. The second-order valence-electron chi connectivity index (χ2n) is 5.57. The van der Waals surface area contributed by atoms with Crippen LogP contribution in [-0.2, 0) is 4.79 Å². The summed E-state index contributed by atoms with van der Waals surface area (Å²) < 4.78 is 0. The Morgan fingerprint density at radius 1 is 1.35 bits per heavy atom. The zero-order valence-electron chi connectivity index (χ0n) is 12.5. The minimum Gasteiger partial charge on any atom is -0.481 e. The molecule has 2 amide bonds. The van der Waals surface area contributed by atoms with Crippen molar-refractivity contribution in [3.8, 4) is 0 Å². The second kappa shape index (κ2) is 8.79. The van der Waals surface area contributed by atoms with Crippen molar-refractivity contribution in [3.05, 3.63) is 0 Å². The Bertz CT molecular complexity index is 315. The first-order valence-electron chi connectivity index (χ1n) is 7.49. The summed E-state index contributed by atoms with van der Waals surface area (Å²) in [5.41, 5.74) is 0. The smallest absolute Gasteiger partial charge is 0.315 e. The Morgan fingerprint density at radius 3 is 2.55 bits per heavy atom. The fraction of sp³-hybridized carbons (Fsp3) is 0.857. The minimum atomic E-state index is -0.832. The van der Waals surface area contributed by atoms with Gasteiger partial charge in [-0.2, -0.15) is 0 Å². The summed E-state index contributed by atoms with van der Waals surface area (Å²) in [7, 11) is 0. The number of rotatable bonds is 7. The van der Waals surface area contributed by atoms with Crippen molar-refractivity contribution in [3.63, 3.8) is 0 Å². The standard InChI is InChI=1S/C14H27N3O3/c1-3-17-8-6-12(7-9-17)10-15-14(20)16-11(2)4-5-13(18)19/h11-12H,3-10H2,1-2H3,(H,18,19)(H2,15,16,20). The molecule has 0 aromatic carbocycles. The predicted molar refractivity (Wildman–Crippen MR) is 77.7 cm³/mol. The van der Waals surface area contributed by atoms with E-state index in [9.17, 15) is 9.59 Å². The Labute approximate surface area is 120 Å². The molecule has 1 saturated heterocycles. The average molecular weight is 285 g/mol. The molecule has 0 saturated carbocycles. The molecule has 0 bridgehead atoms. The van der Waals surface area contributed by atoms with Crippen molar-refractivity contribution in [2.24, 2.45) is 5.92 Å². The largest absolute Gasteiger partial charge is 0.481 e. The first-order chi connectivity index (χ1) is 9.51. The molecule has 6 heteroatoms. The van der Waals surface area contributed by atoms with E-state index >= 15 is 0 Å². The predicted octanol–water partition coefficient (Wildman–Crippen LogP) is 1.27. The van der Waals surface area contributed by atoms with Crippen LogP contribution < -0.4 is 10.6 Å². The quantitative estimate of drug-likeness (QED) is 0.658. The third kappa shape index (κ3) is 6.75. The highest BCUT2D eigenvalue weighted by molar-refractivity contribution is 5.74. The maximum absolute atomic E-state index is 11.7. The van der Waals surface area contributed by atoms with Gasteiger partial charge in [-0.05, 0) is 51.7 Å². The summed E-state index contributed by atoms with van der Waals surface area (Å²) >= 11 is 0. The molecule has 20 heavy (non-hydrogen) atoms. The lowest BCUT2D eigenvalue weighted by molar-refractivity contribution is -0.137. The number of piperidine rings is 1. The fourth-order valence-electron chi connectivity index (χ4n) is 2.43. The van der Waals surface area contributed by atoms with Crippen LogP contribution in [0.25, 0.3) is 0 Å². The highest BCUT2D eigenvalue weighted by Crippen LogP contribution is 2.15. The Kier molecular flexibility index (Phi) is 7.36. The molecule has 1 unspecified atom stereocenters. The second-order valence-corrected chi connectivity index (χ2v) is 5.57. The number of carboxylic acids is 1. The lowest BCUT2D eigenvalue weighted by Gasteiger charge is -2.31. The van der Waals surface area contributed by atoms with E-state index in [1.807, 2.05) is 6.92 Å². The molecular weight excluding hydrogens is 258 g/mol. The number of nitrogens with one attached hydrogen (secondary N) is 2. The van der Waals surface area contributed by atoms with Crippen LogP contribution in [0.3, 0.4) is 0 Å². The van der Waals surface area contributed by atoms with Gasteiger partial charge in [0.1, 0.15) is 0 Å². The van der Waals surface area contributed by atoms with E-state index in [4.69, 9.17) is 5.11 Å². The first-order valence-corrected chi connectivity index (χ1v) is 7.49. The van der Waals surface area contributed by atoms with Gasteiger partial charge < -0.3 is 20.6 Å². The van der Waals surface area contributed by atoms with Gasteiger partial charge in [0.15, 0.2) is 0 Å². The molecule has 0 aromatic rings. The van der Waals surface area contributed by atoms with Crippen LogP contribution in [0.2, 0.25) is 0 Å². The summed E-state index contributed by atoms with van der Waals surface area (Å²) in [6, 6.07) is -0.311. The highest BCUT2D eigenvalue weighted by Gasteiger charge is 2.18. The van der Waals surface area contributed by atoms with Crippen molar-refractivity contribution in [2.45, 2.75) is 45.6 Å². The van der Waals surface area contributed by atoms with Gasteiger partial charge in [0.05, 0.1) is 0 Å². The molecule has 116 valence electrons. The number of urea groups is 1.